The first-order valence-corrected chi connectivity index (χ1v) is 5.50. The van der Waals surface area contributed by atoms with E-state index in [4.69, 9.17) is 20.3 Å². The van der Waals surface area contributed by atoms with Gasteiger partial charge in [0.15, 0.2) is 11.9 Å². The summed E-state index contributed by atoms with van der Waals surface area (Å²) < 4.78 is 10.4. The van der Waals surface area contributed by atoms with Crippen LogP contribution in [0.15, 0.2) is 11.5 Å². The van der Waals surface area contributed by atoms with Gasteiger partial charge in [-0.3, -0.25) is 0 Å². The molecule has 7 heteroatoms. The molecule has 1 heterocycles. The maximum atomic E-state index is 12.0. The number of carboxylic acids is 1. The van der Waals surface area contributed by atoms with E-state index in [-0.39, 0.29) is 18.0 Å². The third-order valence-electron chi connectivity index (χ3n) is 2.17. The van der Waals surface area contributed by atoms with E-state index in [9.17, 15) is 9.59 Å². The van der Waals surface area contributed by atoms with Crippen LogP contribution < -0.4 is 5.73 Å². The lowest BCUT2D eigenvalue weighted by atomic mass is 10.2. The van der Waals surface area contributed by atoms with Crippen molar-refractivity contribution in [2.45, 2.75) is 39.5 Å². The second-order valence-corrected chi connectivity index (χ2v) is 4.87. The Labute approximate surface area is 105 Å². The molecule has 1 atom stereocenters. The molecule has 102 valence electrons. The zero-order valence-electron chi connectivity index (χ0n) is 10.9. The molecule has 7 nitrogen and oxygen atoms in total. The summed E-state index contributed by atoms with van der Waals surface area (Å²) in [7, 11) is 0. The summed E-state index contributed by atoms with van der Waals surface area (Å²) >= 11 is 0. The molecule has 0 fully saturated rings. The average Bonchev–Trinajstić information content (AvgIpc) is 2.52. The molecule has 1 amide bonds. The molecule has 0 aromatic rings. The molecular formula is C11H18N2O5. The number of carbonyl (C=O) groups excluding carboxylic acids is 1. The fourth-order valence-electron chi connectivity index (χ4n) is 1.55. The summed E-state index contributed by atoms with van der Waals surface area (Å²) in [5, 5.41) is 9.09. The zero-order chi connectivity index (χ0) is 14.1. The molecule has 0 radical (unpaired) electrons. The normalized spacial score (nSPS) is 19.8. The fraction of sp³-hybridized carbons (Fsp3) is 0.636. The van der Waals surface area contributed by atoms with E-state index in [0.29, 0.717) is 0 Å². The molecule has 3 N–H and O–H groups in total. The summed E-state index contributed by atoms with van der Waals surface area (Å²) in [5.74, 6) is -1.11. The Balaban J connectivity index is 3.01. The van der Waals surface area contributed by atoms with Crippen molar-refractivity contribution in [2.24, 2.45) is 5.73 Å². The van der Waals surface area contributed by atoms with E-state index in [2.05, 4.69) is 0 Å². The molecule has 1 unspecified atom stereocenters. The standard InChI is InChI=1S/C11H18N2O5/c1-6-8(9(14)15)13(7(5-12)17-6)10(16)18-11(2,3)4/h7H,5,12H2,1-4H3,(H,14,15). The molecule has 0 aromatic carbocycles. The number of nitrogens with zero attached hydrogens (tertiary/aromatic N) is 1. The van der Waals surface area contributed by atoms with E-state index in [0.717, 1.165) is 4.90 Å². The number of ether oxygens (including phenoxy) is 2. The molecule has 1 aliphatic heterocycles. The first-order chi connectivity index (χ1) is 8.17. The minimum absolute atomic E-state index is 0.0205. The number of allylic oxidation sites excluding steroid dienone is 1. The van der Waals surface area contributed by atoms with Gasteiger partial charge in [0, 0.05) is 0 Å². The Morgan fingerprint density at radius 3 is 2.44 bits per heavy atom. The predicted molar refractivity (Wildman–Crippen MR) is 62.3 cm³/mol. The third-order valence-corrected chi connectivity index (χ3v) is 2.17. The molecule has 0 saturated heterocycles. The molecule has 0 aliphatic carbocycles. The molecule has 0 saturated carbocycles. The Bertz CT molecular complexity index is 397. The van der Waals surface area contributed by atoms with Crippen molar-refractivity contribution < 1.29 is 24.2 Å². The summed E-state index contributed by atoms with van der Waals surface area (Å²) in [5.41, 5.74) is 4.49. The van der Waals surface area contributed by atoms with Crippen LogP contribution in [0.1, 0.15) is 27.7 Å². The topological polar surface area (TPSA) is 102 Å². The smallest absolute Gasteiger partial charge is 0.418 e. The molecule has 1 aliphatic rings. The highest BCUT2D eigenvalue weighted by atomic mass is 16.6. The van der Waals surface area contributed by atoms with Crippen LogP contribution in [0.3, 0.4) is 0 Å². The second-order valence-electron chi connectivity index (χ2n) is 4.87. The Morgan fingerprint density at radius 2 is 2.06 bits per heavy atom. The van der Waals surface area contributed by atoms with Crippen LogP contribution in [0.5, 0.6) is 0 Å². The van der Waals surface area contributed by atoms with Crippen LogP contribution in [0, 0.1) is 0 Å². The van der Waals surface area contributed by atoms with E-state index in [1.165, 1.54) is 6.92 Å². The number of carboxylic acid groups (broad SMARTS) is 1. The monoisotopic (exact) mass is 258 g/mol. The summed E-state index contributed by atoms with van der Waals surface area (Å²) in [6, 6.07) is 0. The van der Waals surface area contributed by atoms with Crippen LogP contribution in [-0.4, -0.2) is 40.4 Å². The highest BCUT2D eigenvalue weighted by Gasteiger charge is 2.41. The Kier molecular flexibility index (Phi) is 3.85. The van der Waals surface area contributed by atoms with Crippen molar-refractivity contribution in [1.29, 1.82) is 0 Å². The lowest BCUT2D eigenvalue weighted by Gasteiger charge is -2.27. The number of amides is 1. The van der Waals surface area contributed by atoms with E-state index in [1.807, 2.05) is 0 Å². The van der Waals surface area contributed by atoms with Gasteiger partial charge in [-0.1, -0.05) is 0 Å². The molecule has 0 bridgehead atoms. The van der Waals surface area contributed by atoms with Gasteiger partial charge in [-0.05, 0) is 27.7 Å². The molecule has 1 rings (SSSR count). The molecule has 0 aromatic heterocycles. The fourth-order valence-corrected chi connectivity index (χ4v) is 1.55. The van der Waals surface area contributed by atoms with Gasteiger partial charge in [-0.15, -0.1) is 0 Å². The highest BCUT2D eigenvalue weighted by molar-refractivity contribution is 5.92. The minimum Gasteiger partial charge on any atom is -0.476 e. The number of nitrogens with two attached hydrogens (primary N) is 1. The maximum Gasteiger partial charge on any atom is 0.418 e. The summed E-state index contributed by atoms with van der Waals surface area (Å²) in [6.45, 7) is 6.52. The van der Waals surface area contributed by atoms with Crippen LogP contribution in [0.2, 0.25) is 0 Å². The first kappa shape index (κ1) is 14.3. The maximum absolute atomic E-state index is 12.0. The van der Waals surface area contributed by atoms with Gasteiger partial charge in [0.2, 0.25) is 0 Å². The number of hydrogen-bond acceptors (Lipinski definition) is 5. The van der Waals surface area contributed by atoms with Crippen LogP contribution in [-0.2, 0) is 14.3 Å². The number of rotatable bonds is 2. The number of carbonyl (C=O) groups is 2. The third kappa shape index (κ3) is 2.92. The van der Waals surface area contributed by atoms with Crippen molar-refractivity contribution in [3.63, 3.8) is 0 Å². The molecule has 18 heavy (non-hydrogen) atoms. The van der Waals surface area contributed by atoms with E-state index < -0.39 is 23.9 Å². The van der Waals surface area contributed by atoms with Crippen molar-refractivity contribution in [2.75, 3.05) is 6.54 Å². The lowest BCUT2D eigenvalue weighted by molar-refractivity contribution is -0.134. The van der Waals surface area contributed by atoms with Gasteiger partial charge in [-0.2, -0.15) is 0 Å². The van der Waals surface area contributed by atoms with Crippen LogP contribution >= 0.6 is 0 Å². The summed E-state index contributed by atoms with van der Waals surface area (Å²) in [4.78, 5) is 24.0. The van der Waals surface area contributed by atoms with Crippen molar-refractivity contribution >= 4 is 12.1 Å². The lowest BCUT2D eigenvalue weighted by Crippen LogP contribution is -2.45. The number of aliphatic carboxylic acids is 1. The van der Waals surface area contributed by atoms with Crippen LogP contribution in [0.25, 0.3) is 0 Å². The van der Waals surface area contributed by atoms with Crippen LogP contribution in [0.4, 0.5) is 4.79 Å². The van der Waals surface area contributed by atoms with Gasteiger partial charge in [0.05, 0.1) is 6.54 Å². The zero-order valence-corrected chi connectivity index (χ0v) is 10.9. The average molecular weight is 258 g/mol. The molecule has 0 spiro atoms. The van der Waals surface area contributed by atoms with E-state index in [1.54, 1.807) is 20.8 Å². The second kappa shape index (κ2) is 4.85. The van der Waals surface area contributed by atoms with Crippen molar-refractivity contribution in [3.05, 3.63) is 11.5 Å². The largest absolute Gasteiger partial charge is 0.476 e. The Hall–Kier alpha value is -1.76. The highest BCUT2D eigenvalue weighted by Crippen LogP contribution is 2.27. The van der Waals surface area contributed by atoms with Gasteiger partial charge in [0.25, 0.3) is 0 Å². The van der Waals surface area contributed by atoms with E-state index >= 15 is 0 Å². The van der Waals surface area contributed by atoms with Gasteiger partial charge in [0.1, 0.15) is 11.4 Å². The van der Waals surface area contributed by atoms with Gasteiger partial charge in [-0.25, -0.2) is 14.5 Å². The minimum atomic E-state index is -1.26. The SMILES string of the molecule is CC1=C(C(=O)O)N(C(=O)OC(C)(C)C)C(CN)O1. The van der Waals surface area contributed by atoms with Gasteiger partial charge < -0.3 is 20.3 Å². The first-order valence-electron chi connectivity index (χ1n) is 5.50. The van der Waals surface area contributed by atoms with Crippen molar-refractivity contribution in [3.8, 4) is 0 Å². The number of hydrogen-bond donors (Lipinski definition) is 2. The quantitative estimate of drug-likeness (QED) is 0.761. The molecular weight excluding hydrogens is 240 g/mol. The van der Waals surface area contributed by atoms with Gasteiger partial charge >= 0.3 is 12.1 Å². The predicted octanol–water partition coefficient (Wildman–Crippen LogP) is 0.855. The summed E-state index contributed by atoms with van der Waals surface area (Å²) in [6.07, 6.45) is -1.63. The van der Waals surface area contributed by atoms with Crippen molar-refractivity contribution in [1.82, 2.24) is 4.90 Å². The Morgan fingerprint density at radius 1 is 1.50 bits per heavy atom.